The smallest absolute Gasteiger partial charge is 0.279 e. The fraction of sp³-hybridized carbons (Fsp3) is 0.793. The first-order valence-electron chi connectivity index (χ1n) is 14.3. The third kappa shape index (κ3) is 16.6. The maximum Gasteiger partial charge on any atom is 0.279 e. The third-order valence-electron chi connectivity index (χ3n) is 6.62. The maximum absolute atomic E-state index is 14.0. The van der Waals surface area contributed by atoms with Crippen LogP contribution in [-0.2, 0) is 9.59 Å². The number of carbonyl (C=O) groups is 2. The molecule has 2 N–H and O–H groups in total. The Kier molecular flexibility index (Phi) is 18.3. The predicted octanol–water partition coefficient (Wildman–Crippen LogP) is 8.13. The molecule has 2 amide bonds. The molecule has 1 saturated carbocycles. The first-order valence-corrected chi connectivity index (χ1v) is 14.3. The van der Waals surface area contributed by atoms with Gasteiger partial charge in [0.2, 0.25) is 0 Å². The molecular formula is C29H50F2N2O2. The Bertz CT molecular complexity index is 595. The molecule has 2 atom stereocenters. The van der Waals surface area contributed by atoms with Crippen molar-refractivity contribution in [3.05, 3.63) is 23.8 Å². The summed E-state index contributed by atoms with van der Waals surface area (Å²) >= 11 is 0. The van der Waals surface area contributed by atoms with Gasteiger partial charge in [-0.05, 0) is 44.3 Å². The highest BCUT2D eigenvalue weighted by Gasteiger charge is 2.40. The second-order valence-corrected chi connectivity index (χ2v) is 10.0. The van der Waals surface area contributed by atoms with Crippen molar-refractivity contribution in [1.29, 1.82) is 0 Å². The standard InChI is InChI=1S/C29H50F2N2O2/c1-3-5-7-9-11-13-15-17-19-21-24(30)28(34)32-26-23-27(26)33-29(35)25(31)22-20-18-16-14-12-10-8-6-4-2/h21-22,26-27H,3-20,23H2,1-2H3,(H,32,34)(H,33,35)/b24-21-,25-22-/t26-,27+. The molecule has 202 valence electrons. The van der Waals surface area contributed by atoms with Crippen molar-refractivity contribution in [2.45, 2.75) is 148 Å². The lowest BCUT2D eigenvalue weighted by Crippen LogP contribution is -2.35. The molecule has 1 rings (SSSR count). The van der Waals surface area contributed by atoms with E-state index in [1.807, 2.05) is 0 Å². The summed E-state index contributed by atoms with van der Waals surface area (Å²) in [6.07, 6.45) is 23.0. The maximum atomic E-state index is 14.0. The van der Waals surface area contributed by atoms with E-state index in [0.717, 1.165) is 38.5 Å². The molecule has 1 aliphatic carbocycles. The van der Waals surface area contributed by atoms with Gasteiger partial charge in [-0.3, -0.25) is 9.59 Å². The largest absolute Gasteiger partial charge is 0.345 e. The summed E-state index contributed by atoms with van der Waals surface area (Å²) in [5.41, 5.74) is 0. The second kappa shape index (κ2) is 20.5. The second-order valence-electron chi connectivity index (χ2n) is 10.0. The van der Waals surface area contributed by atoms with Crippen LogP contribution in [0.15, 0.2) is 23.8 Å². The minimum absolute atomic E-state index is 0.339. The number of nitrogens with one attached hydrogen (secondary N) is 2. The van der Waals surface area contributed by atoms with Crippen LogP contribution < -0.4 is 10.6 Å². The SMILES string of the molecule is CCCCCCCCCC/C=C(\F)C(=O)N[C@H]1C[C@H]1NC(=O)/C(F)=C/CCCCCCCCCC. The zero-order valence-corrected chi connectivity index (χ0v) is 22.3. The lowest BCUT2D eigenvalue weighted by molar-refractivity contribution is -0.120. The van der Waals surface area contributed by atoms with Crippen molar-refractivity contribution in [3.63, 3.8) is 0 Å². The monoisotopic (exact) mass is 496 g/mol. The van der Waals surface area contributed by atoms with Gasteiger partial charge in [-0.1, -0.05) is 104 Å². The number of unbranched alkanes of at least 4 members (excludes halogenated alkanes) is 16. The van der Waals surface area contributed by atoms with Crippen LogP contribution in [-0.4, -0.2) is 23.9 Å². The number of halogens is 2. The van der Waals surface area contributed by atoms with Crippen LogP contribution in [0.1, 0.15) is 136 Å². The number of rotatable bonds is 22. The molecule has 0 saturated heterocycles. The number of allylic oxidation sites excluding steroid dienone is 2. The van der Waals surface area contributed by atoms with Crippen molar-refractivity contribution in [1.82, 2.24) is 10.6 Å². The molecule has 1 aliphatic rings. The Hall–Kier alpha value is -1.72. The van der Waals surface area contributed by atoms with Gasteiger partial charge in [-0.2, -0.15) is 0 Å². The van der Waals surface area contributed by atoms with E-state index < -0.39 is 23.5 Å². The van der Waals surface area contributed by atoms with Crippen LogP contribution in [0.2, 0.25) is 0 Å². The molecule has 0 bridgehead atoms. The Balaban J connectivity index is 2.10. The van der Waals surface area contributed by atoms with Crippen LogP contribution in [0.3, 0.4) is 0 Å². The van der Waals surface area contributed by atoms with Crippen LogP contribution >= 0.6 is 0 Å². The minimum Gasteiger partial charge on any atom is -0.345 e. The van der Waals surface area contributed by atoms with Gasteiger partial charge in [-0.25, -0.2) is 8.78 Å². The predicted molar refractivity (Wildman–Crippen MR) is 141 cm³/mol. The summed E-state index contributed by atoms with van der Waals surface area (Å²) in [6, 6.07) is -0.677. The minimum atomic E-state index is -0.777. The molecular weight excluding hydrogens is 446 g/mol. The molecule has 0 aromatic carbocycles. The van der Waals surface area contributed by atoms with E-state index in [4.69, 9.17) is 0 Å². The fourth-order valence-corrected chi connectivity index (χ4v) is 4.19. The fourth-order valence-electron chi connectivity index (χ4n) is 4.19. The van der Waals surface area contributed by atoms with Crippen molar-refractivity contribution in [2.75, 3.05) is 0 Å². The van der Waals surface area contributed by atoms with Gasteiger partial charge in [0.1, 0.15) is 0 Å². The Morgan fingerprint density at radius 1 is 0.600 bits per heavy atom. The molecule has 1 fully saturated rings. The highest BCUT2D eigenvalue weighted by molar-refractivity contribution is 5.93. The van der Waals surface area contributed by atoms with Gasteiger partial charge in [0.05, 0.1) is 12.1 Å². The topological polar surface area (TPSA) is 58.2 Å². The van der Waals surface area contributed by atoms with Gasteiger partial charge in [0.25, 0.3) is 11.8 Å². The molecule has 0 unspecified atom stereocenters. The molecule has 0 aromatic heterocycles. The first-order chi connectivity index (χ1) is 17.0. The number of hydrogen-bond acceptors (Lipinski definition) is 2. The van der Waals surface area contributed by atoms with Crippen LogP contribution in [0.25, 0.3) is 0 Å². The number of amides is 2. The van der Waals surface area contributed by atoms with Gasteiger partial charge < -0.3 is 10.6 Å². The highest BCUT2D eigenvalue weighted by Crippen LogP contribution is 2.23. The van der Waals surface area contributed by atoms with E-state index in [0.29, 0.717) is 19.3 Å². The van der Waals surface area contributed by atoms with E-state index in [1.165, 1.54) is 76.4 Å². The number of carbonyl (C=O) groups excluding carboxylic acids is 2. The van der Waals surface area contributed by atoms with E-state index >= 15 is 0 Å². The van der Waals surface area contributed by atoms with Gasteiger partial charge in [0, 0.05) is 0 Å². The zero-order valence-electron chi connectivity index (χ0n) is 22.3. The molecule has 0 aliphatic heterocycles. The van der Waals surface area contributed by atoms with Crippen molar-refractivity contribution < 1.29 is 18.4 Å². The molecule has 0 aromatic rings. The normalized spacial score (nSPS) is 17.9. The Morgan fingerprint density at radius 3 is 1.26 bits per heavy atom. The van der Waals surface area contributed by atoms with Crippen molar-refractivity contribution in [3.8, 4) is 0 Å². The van der Waals surface area contributed by atoms with E-state index in [2.05, 4.69) is 24.5 Å². The van der Waals surface area contributed by atoms with Crippen LogP contribution in [0, 0.1) is 0 Å². The van der Waals surface area contributed by atoms with Gasteiger partial charge in [-0.15, -0.1) is 0 Å². The van der Waals surface area contributed by atoms with E-state index in [-0.39, 0.29) is 12.1 Å². The average molecular weight is 497 g/mol. The highest BCUT2D eigenvalue weighted by atomic mass is 19.1. The first kappa shape index (κ1) is 31.3. The van der Waals surface area contributed by atoms with Gasteiger partial charge in [0.15, 0.2) is 11.7 Å². The third-order valence-corrected chi connectivity index (χ3v) is 6.62. The lowest BCUT2D eigenvalue weighted by atomic mass is 10.1. The molecule has 0 spiro atoms. The molecule has 4 nitrogen and oxygen atoms in total. The Morgan fingerprint density at radius 2 is 0.914 bits per heavy atom. The van der Waals surface area contributed by atoms with Crippen molar-refractivity contribution in [2.24, 2.45) is 0 Å². The average Bonchev–Trinajstić information content (AvgIpc) is 3.58. The molecule has 0 radical (unpaired) electrons. The zero-order chi connectivity index (χ0) is 25.7. The summed E-state index contributed by atoms with van der Waals surface area (Å²) in [5.74, 6) is -3.06. The molecule has 0 heterocycles. The van der Waals surface area contributed by atoms with Gasteiger partial charge >= 0.3 is 0 Å². The summed E-state index contributed by atoms with van der Waals surface area (Å²) in [5, 5.41) is 5.15. The van der Waals surface area contributed by atoms with Crippen LogP contribution in [0.4, 0.5) is 8.78 Å². The van der Waals surface area contributed by atoms with Crippen molar-refractivity contribution >= 4 is 11.8 Å². The molecule has 6 heteroatoms. The Labute approximate surface area is 212 Å². The summed E-state index contributed by atoms with van der Waals surface area (Å²) in [7, 11) is 0. The van der Waals surface area contributed by atoms with E-state index in [9.17, 15) is 18.4 Å². The summed E-state index contributed by atoms with van der Waals surface area (Å²) in [4.78, 5) is 23.9. The van der Waals surface area contributed by atoms with Crippen LogP contribution in [0.5, 0.6) is 0 Å². The van der Waals surface area contributed by atoms with E-state index in [1.54, 1.807) is 0 Å². The number of hydrogen-bond donors (Lipinski definition) is 2. The summed E-state index contributed by atoms with van der Waals surface area (Å²) in [6.45, 7) is 4.40. The summed E-state index contributed by atoms with van der Waals surface area (Å²) < 4.78 is 28.0. The molecule has 35 heavy (non-hydrogen) atoms. The quantitative estimate of drug-likeness (QED) is 0.117. The lowest BCUT2D eigenvalue weighted by Gasteiger charge is -2.05.